The summed E-state index contributed by atoms with van der Waals surface area (Å²) in [6.07, 6.45) is 1.33. The number of anilines is 1. The SMILES string of the molecule is CCCO[C@@](C)(CC)C(=O)Nc1ccc(O[C@H](C)COC)c(Cl)c1. The molecule has 0 radical (unpaired) electrons. The van der Waals surface area contributed by atoms with E-state index in [9.17, 15) is 4.79 Å². The van der Waals surface area contributed by atoms with Crippen LogP contribution in [0.2, 0.25) is 5.02 Å². The monoisotopic (exact) mass is 357 g/mol. The van der Waals surface area contributed by atoms with Crippen molar-refractivity contribution in [2.75, 3.05) is 25.6 Å². The lowest BCUT2D eigenvalue weighted by molar-refractivity contribution is -0.139. The number of halogens is 1. The largest absolute Gasteiger partial charge is 0.487 e. The summed E-state index contributed by atoms with van der Waals surface area (Å²) in [4.78, 5) is 12.5. The van der Waals surface area contributed by atoms with Crippen LogP contribution in [0, 0.1) is 0 Å². The first-order valence-electron chi connectivity index (χ1n) is 8.26. The fraction of sp³-hybridized carbons (Fsp3) is 0.611. The van der Waals surface area contributed by atoms with Gasteiger partial charge < -0.3 is 19.5 Å². The Hall–Kier alpha value is -1.30. The molecule has 0 heterocycles. The fourth-order valence-electron chi connectivity index (χ4n) is 2.08. The summed E-state index contributed by atoms with van der Waals surface area (Å²) in [6.45, 7) is 8.64. The Morgan fingerprint density at radius 1 is 1.38 bits per heavy atom. The third-order valence-electron chi connectivity index (χ3n) is 3.70. The smallest absolute Gasteiger partial charge is 0.256 e. The van der Waals surface area contributed by atoms with Crippen molar-refractivity contribution in [3.63, 3.8) is 0 Å². The number of hydrogen-bond donors (Lipinski definition) is 1. The van der Waals surface area contributed by atoms with Gasteiger partial charge in [0.05, 0.1) is 11.6 Å². The molecule has 2 atom stereocenters. The molecule has 0 saturated heterocycles. The van der Waals surface area contributed by atoms with Crippen molar-refractivity contribution < 1.29 is 19.0 Å². The highest BCUT2D eigenvalue weighted by Crippen LogP contribution is 2.29. The van der Waals surface area contributed by atoms with Crippen LogP contribution >= 0.6 is 11.6 Å². The predicted molar refractivity (Wildman–Crippen MR) is 97.0 cm³/mol. The van der Waals surface area contributed by atoms with Gasteiger partial charge in [0.15, 0.2) is 0 Å². The van der Waals surface area contributed by atoms with Crippen LogP contribution in [0.4, 0.5) is 5.69 Å². The van der Waals surface area contributed by atoms with Gasteiger partial charge >= 0.3 is 0 Å². The molecule has 0 fully saturated rings. The van der Waals surface area contributed by atoms with E-state index in [1.807, 2.05) is 20.8 Å². The fourth-order valence-corrected chi connectivity index (χ4v) is 2.30. The van der Waals surface area contributed by atoms with Gasteiger partial charge in [0.2, 0.25) is 0 Å². The molecule has 1 N–H and O–H groups in total. The lowest BCUT2D eigenvalue weighted by atomic mass is 10.0. The van der Waals surface area contributed by atoms with Gasteiger partial charge in [0.1, 0.15) is 17.5 Å². The Labute approximate surface area is 149 Å². The van der Waals surface area contributed by atoms with E-state index in [1.165, 1.54) is 0 Å². The molecular formula is C18H28ClNO4. The zero-order chi connectivity index (χ0) is 18.2. The van der Waals surface area contributed by atoms with Crippen molar-refractivity contribution in [2.45, 2.75) is 52.2 Å². The molecule has 0 spiro atoms. The number of hydrogen-bond acceptors (Lipinski definition) is 4. The van der Waals surface area contributed by atoms with Crippen molar-refractivity contribution in [1.82, 2.24) is 0 Å². The molecule has 0 aliphatic carbocycles. The number of carbonyl (C=O) groups excluding carboxylic acids is 1. The van der Waals surface area contributed by atoms with E-state index in [1.54, 1.807) is 32.2 Å². The third kappa shape index (κ3) is 5.96. The number of ether oxygens (including phenoxy) is 3. The lowest BCUT2D eigenvalue weighted by Crippen LogP contribution is -2.42. The number of methoxy groups -OCH3 is 1. The predicted octanol–water partition coefficient (Wildman–Crippen LogP) is 4.29. The molecule has 5 nitrogen and oxygen atoms in total. The second-order valence-electron chi connectivity index (χ2n) is 5.92. The molecule has 1 aromatic carbocycles. The van der Waals surface area contributed by atoms with Crippen LogP contribution in [0.25, 0.3) is 0 Å². The lowest BCUT2D eigenvalue weighted by Gasteiger charge is -2.27. The van der Waals surface area contributed by atoms with Crippen molar-refractivity contribution in [3.05, 3.63) is 23.2 Å². The Bertz CT molecular complexity index is 538. The topological polar surface area (TPSA) is 56.8 Å². The van der Waals surface area contributed by atoms with Crippen molar-refractivity contribution in [2.24, 2.45) is 0 Å². The average molecular weight is 358 g/mol. The van der Waals surface area contributed by atoms with E-state index >= 15 is 0 Å². The summed E-state index contributed by atoms with van der Waals surface area (Å²) >= 11 is 6.24. The van der Waals surface area contributed by atoms with Gasteiger partial charge in [-0.05, 0) is 44.9 Å². The molecule has 0 bridgehead atoms. The number of rotatable bonds is 10. The standard InChI is InChI=1S/C18H28ClNO4/c1-6-10-23-18(4,7-2)17(21)20-14-8-9-16(15(19)11-14)24-13(3)12-22-5/h8-9,11,13H,6-7,10,12H2,1-5H3,(H,20,21)/t13-,18+/m1/s1. The average Bonchev–Trinajstić information content (AvgIpc) is 2.55. The van der Waals surface area contributed by atoms with Gasteiger partial charge in [-0.3, -0.25) is 4.79 Å². The van der Waals surface area contributed by atoms with Crippen LogP contribution in [0.15, 0.2) is 18.2 Å². The molecule has 6 heteroatoms. The summed E-state index contributed by atoms with van der Waals surface area (Å²) in [6, 6.07) is 5.17. The van der Waals surface area contributed by atoms with E-state index in [0.29, 0.717) is 36.1 Å². The second kappa shape index (κ2) is 9.87. The normalized spacial score (nSPS) is 14.8. The zero-order valence-electron chi connectivity index (χ0n) is 15.1. The molecular weight excluding hydrogens is 330 g/mol. The van der Waals surface area contributed by atoms with Gasteiger partial charge in [0.25, 0.3) is 5.91 Å². The molecule has 136 valence electrons. The van der Waals surface area contributed by atoms with Crippen molar-refractivity contribution in [1.29, 1.82) is 0 Å². The molecule has 0 saturated carbocycles. The van der Waals surface area contributed by atoms with Gasteiger partial charge in [-0.25, -0.2) is 0 Å². The molecule has 0 unspecified atom stereocenters. The van der Waals surface area contributed by atoms with Gasteiger partial charge in [-0.15, -0.1) is 0 Å². The summed E-state index contributed by atoms with van der Waals surface area (Å²) in [7, 11) is 1.62. The molecule has 24 heavy (non-hydrogen) atoms. The molecule has 0 aliphatic heterocycles. The van der Waals surface area contributed by atoms with Crippen LogP contribution in [-0.4, -0.2) is 37.9 Å². The van der Waals surface area contributed by atoms with Crippen LogP contribution in [0.3, 0.4) is 0 Å². The van der Waals surface area contributed by atoms with Crippen LogP contribution in [-0.2, 0) is 14.3 Å². The zero-order valence-corrected chi connectivity index (χ0v) is 15.9. The summed E-state index contributed by atoms with van der Waals surface area (Å²) < 4.78 is 16.4. The Kier molecular flexibility index (Phi) is 8.53. The molecule has 1 aromatic rings. The summed E-state index contributed by atoms with van der Waals surface area (Å²) in [5.74, 6) is 0.371. The summed E-state index contributed by atoms with van der Waals surface area (Å²) in [5, 5.41) is 3.29. The highest BCUT2D eigenvalue weighted by atomic mass is 35.5. The minimum absolute atomic E-state index is 0.112. The van der Waals surface area contributed by atoms with Gasteiger partial charge in [0, 0.05) is 19.4 Å². The third-order valence-corrected chi connectivity index (χ3v) is 3.99. The van der Waals surface area contributed by atoms with Crippen molar-refractivity contribution >= 4 is 23.2 Å². The quantitative estimate of drug-likeness (QED) is 0.678. The maximum absolute atomic E-state index is 12.5. The first-order valence-corrected chi connectivity index (χ1v) is 8.64. The number of nitrogens with one attached hydrogen (secondary N) is 1. The molecule has 0 aromatic heterocycles. The first kappa shape index (κ1) is 20.7. The molecule has 1 rings (SSSR count). The minimum Gasteiger partial charge on any atom is -0.487 e. The number of carbonyl (C=O) groups is 1. The van der Waals surface area contributed by atoms with Crippen LogP contribution in [0.5, 0.6) is 5.75 Å². The first-order chi connectivity index (χ1) is 11.4. The number of amides is 1. The van der Waals surface area contributed by atoms with E-state index in [0.717, 1.165) is 6.42 Å². The summed E-state index contributed by atoms with van der Waals surface area (Å²) in [5.41, 5.74) is -0.249. The maximum atomic E-state index is 12.5. The van der Waals surface area contributed by atoms with E-state index < -0.39 is 5.60 Å². The minimum atomic E-state index is -0.857. The van der Waals surface area contributed by atoms with Crippen LogP contribution < -0.4 is 10.1 Å². The van der Waals surface area contributed by atoms with E-state index in [2.05, 4.69) is 5.32 Å². The van der Waals surface area contributed by atoms with E-state index in [-0.39, 0.29) is 12.0 Å². The molecule has 1 amide bonds. The van der Waals surface area contributed by atoms with Crippen molar-refractivity contribution in [3.8, 4) is 5.75 Å². The second-order valence-corrected chi connectivity index (χ2v) is 6.32. The Balaban J connectivity index is 2.78. The van der Waals surface area contributed by atoms with Crippen LogP contribution in [0.1, 0.15) is 40.5 Å². The highest BCUT2D eigenvalue weighted by molar-refractivity contribution is 6.32. The van der Waals surface area contributed by atoms with Gasteiger partial charge in [-0.2, -0.15) is 0 Å². The number of benzene rings is 1. The maximum Gasteiger partial charge on any atom is 0.256 e. The van der Waals surface area contributed by atoms with Gasteiger partial charge in [-0.1, -0.05) is 25.4 Å². The Morgan fingerprint density at radius 2 is 2.08 bits per heavy atom. The van der Waals surface area contributed by atoms with E-state index in [4.69, 9.17) is 25.8 Å². The Morgan fingerprint density at radius 3 is 2.62 bits per heavy atom. The molecule has 0 aliphatic rings. The highest BCUT2D eigenvalue weighted by Gasteiger charge is 2.32.